The molecule has 0 aliphatic rings. The van der Waals surface area contributed by atoms with Crippen molar-refractivity contribution in [2.45, 2.75) is 19.6 Å². The number of para-hydroxylation sites is 1. The van der Waals surface area contributed by atoms with Gasteiger partial charge in [0.15, 0.2) is 0 Å². The average Bonchev–Trinajstić information content (AvgIpc) is 3.18. The van der Waals surface area contributed by atoms with Gasteiger partial charge in [-0.15, -0.1) is 5.10 Å². The van der Waals surface area contributed by atoms with Gasteiger partial charge in [-0.25, -0.2) is 18.3 Å². The van der Waals surface area contributed by atoms with Crippen molar-refractivity contribution in [1.29, 1.82) is 0 Å². The van der Waals surface area contributed by atoms with Crippen LogP contribution in [0, 0.1) is 5.82 Å². The molecule has 10 heteroatoms. The summed E-state index contributed by atoms with van der Waals surface area (Å²) in [6.45, 7) is -0.0779. The van der Waals surface area contributed by atoms with Crippen LogP contribution >= 0.6 is 11.6 Å². The van der Waals surface area contributed by atoms with Crippen molar-refractivity contribution in [3.8, 4) is 0 Å². The second-order valence-electron chi connectivity index (χ2n) is 7.98. The minimum absolute atomic E-state index is 0.0720. The summed E-state index contributed by atoms with van der Waals surface area (Å²) in [6, 6.07) is 19.5. The summed E-state index contributed by atoms with van der Waals surface area (Å²) in [5.74, 6) is -0.748. The highest BCUT2D eigenvalue weighted by Gasteiger charge is 2.19. The quantitative estimate of drug-likeness (QED) is 0.395. The van der Waals surface area contributed by atoms with Crippen molar-refractivity contribution in [3.63, 3.8) is 0 Å². The lowest BCUT2D eigenvalue weighted by molar-refractivity contribution is -0.122. The summed E-state index contributed by atoms with van der Waals surface area (Å²) in [5.41, 5.74) is 0.874. The number of nitrogens with one attached hydrogen (secondary N) is 1. The summed E-state index contributed by atoms with van der Waals surface area (Å²) in [5, 5.41) is 7.90. The van der Waals surface area contributed by atoms with Crippen molar-refractivity contribution < 1.29 is 9.18 Å². The molecule has 0 aliphatic carbocycles. The fourth-order valence-electron chi connectivity index (χ4n) is 3.91. The Balaban J connectivity index is 1.54. The zero-order valence-electron chi connectivity index (χ0n) is 18.3. The van der Waals surface area contributed by atoms with Gasteiger partial charge in [0, 0.05) is 11.6 Å². The van der Waals surface area contributed by atoms with Gasteiger partial charge >= 0.3 is 5.69 Å². The number of halogens is 2. The van der Waals surface area contributed by atoms with Crippen LogP contribution in [0.2, 0.25) is 5.02 Å². The number of amides is 1. The van der Waals surface area contributed by atoms with E-state index in [1.807, 2.05) is 6.07 Å². The lowest BCUT2D eigenvalue weighted by atomic mass is 10.2. The first-order valence-corrected chi connectivity index (χ1v) is 11.2. The van der Waals surface area contributed by atoms with E-state index in [1.165, 1.54) is 21.1 Å². The summed E-state index contributed by atoms with van der Waals surface area (Å²) >= 11 is 6.13. The number of aromatic nitrogens is 4. The van der Waals surface area contributed by atoms with Gasteiger partial charge in [0.1, 0.15) is 12.4 Å². The van der Waals surface area contributed by atoms with E-state index in [0.29, 0.717) is 21.5 Å². The first-order chi connectivity index (χ1) is 16.9. The van der Waals surface area contributed by atoms with Crippen LogP contribution in [0.1, 0.15) is 11.1 Å². The lowest BCUT2D eigenvalue weighted by Crippen LogP contribution is -2.32. The van der Waals surface area contributed by atoms with E-state index in [1.54, 1.807) is 54.6 Å². The van der Waals surface area contributed by atoms with E-state index in [-0.39, 0.29) is 31.0 Å². The van der Waals surface area contributed by atoms with Gasteiger partial charge in [0.2, 0.25) is 11.7 Å². The van der Waals surface area contributed by atoms with Crippen LogP contribution in [0.15, 0.2) is 82.4 Å². The number of carbonyl (C=O) groups is 1. The number of benzene rings is 3. The summed E-state index contributed by atoms with van der Waals surface area (Å²) < 4.78 is 17.0. The molecule has 5 aromatic rings. The molecular weight excluding hydrogens is 473 g/mol. The second-order valence-corrected chi connectivity index (χ2v) is 8.39. The minimum atomic E-state index is -0.558. The van der Waals surface area contributed by atoms with Gasteiger partial charge in [-0.1, -0.05) is 54.1 Å². The number of hydrogen-bond donors (Lipinski definition) is 1. The third kappa shape index (κ3) is 4.33. The van der Waals surface area contributed by atoms with E-state index < -0.39 is 17.4 Å². The van der Waals surface area contributed by atoms with Gasteiger partial charge < -0.3 is 5.32 Å². The van der Waals surface area contributed by atoms with Gasteiger partial charge in [0.25, 0.3) is 5.56 Å². The zero-order valence-corrected chi connectivity index (χ0v) is 19.1. The highest BCUT2D eigenvalue weighted by Crippen LogP contribution is 2.15. The maximum absolute atomic E-state index is 13.4. The molecule has 35 heavy (non-hydrogen) atoms. The molecule has 0 saturated heterocycles. The molecule has 0 bridgehead atoms. The van der Waals surface area contributed by atoms with Crippen molar-refractivity contribution in [1.82, 2.24) is 24.1 Å². The van der Waals surface area contributed by atoms with Crippen LogP contribution in [0.5, 0.6) is 0 Å². The predicted octanol–water partition coefficient (Wildman–Crippen LogP) is 2.97. The Morgan fingerprint density at radius 1 is 0.971 bits per heavy atom. The van der Waals surface area contributed by atoms with E-state index in [9.17, 15) is 18.8 Å². The number of rotatable bonds is 6. The van der Waals surface area contributed by atoms with Crippen LogP contribution in [-0.4, -0.2) is 24.7 Å². The van der Waals surface area contributed by atoms with E-state index in [0.717, 1.165) is 10.2 Å². The molecule has 0 radical (unpaired) electrons. The van der Waals surface area contributed by atoms with E-state index >= 15 is 0 Å². The summed E-state index contributed by atoms with van der Waals surface area (Å²) in [7, 11) is 0. The highest BCUT2D eigenvalue weighted by molar-refractivity contribution is 6.31. The summed E-state index contributed by atoms with van der Waals surface area (Å²) in [4.78, 5) is 39.1. The minimum Gasteiger partial charge on any atom is -0.350 e. The molecule has 1 N–H and O–H groups in total. The monoisotopic (exact) mass is 491 g/mol. The van der Waals surface area contributed by atoms with Crippen molar-refractivity contribution in [2.24, 2.45) is 0 Å². The number of carbonyl (C=O) groups excluding carboxylic acids is 1. The topological polar surface area (TPSA) is 90.4 Å². The third-order valence-electron chi connectivity index (χ3n) is 5.67. The highest BCUT2D eigenvalue weighted by atomic mass is 35.5. The number of fused-ring (bicyclic) bond motifs is 3. The fourth-order valence-corrected chi connectivity index (χ4v) is 4.12. The molecule has 176 valence electrons. The normalized spacial score (nSPS) is 11.3. The van der Waals surface area contributed by atoms with Crippen LogP contribution in [0.3, 0.4) is 0 Å². The van der Waals surface area contributed by atoms with Gasteiger partial charge in [-0.3, -0.25) is 14.2 Å². The Morgan fingerprint density at radius 3 is 2.46 bits per heavy atom. The average molecular weight is 492 g/mol. The van der Waals surface area contributed by atoms with Crippen molar-refractivity contribution >= 4 is 34.2 Å². The lowest BCUT2D eigenvalue weighted by Gasteiger charge is -2.09. The van der Waals surface area contributed by atoms with E-state index in [4.69, 9.17) is 11.6 Å². The Labute approximate surface area is 202 Å². The molecule has 0 aliphatic heterocycles. The maximum atomic E-state index is 13.4. The molecular formula is C25H19ClFN5O3. The smallest absolute Gasteiger partial charge is 0.350 e. The Bertz CT molecular complexity index is 1690. The van der Waals surface area contributed by atoms with Crippen molar-refractivity contribution in [3.05, 3.63) is 116 Å². The Morgan fingerprint density at radius 2 is 1.69 bits per heavy atom. The molecule has 8 nitrogen and oxygen atoms in total. The van der Waals surface area contributed by atoms with Crippen LogP contribution in [0.25, 0.3) is 16.7 Å². The Kier molecular flexibility index (Phi) is 5.92. The van der Waals surface area contributed by atoms with E-state index in [2.05, 4.69) is 10.4 Å². The first kappa shape index (κ1) is 22.5. The Hall–Kier alpha value is -4.24. The standard InChI is InChI=1S/C25H19ClFN5O3/c26-20-7-3-1-5-17(20)13-28-22(33)15-31-25(35)32-21-8-4-2-6-19(21)23(34)30(24(32)29-31)14-16-9-11-18(27)12-10-16/h1-12H,13-15H2,(H,28,33). The van der Waals surface area contributed by atoms with Gasteiger partial charge in [0.05, 0.1) is 17.4 Å². The molecule has 0 fully saturated rings. The second kappa shape index (κ2) is 9.19. The molecule has 2 aromatic heterocycles. The maximum Gasteiger partial charge on any atom is 0.352 e. The fraction of sp³-hybridized carbons (Fsp3) is 0.120. The van der Waals surface area contributed by atoms with Crippen LogP contribution in [-0.2, 0) is 24.4 Å². The van der Waals surface area contributed by atoms with Crippen LogP contribution in [0.4, 0.5) is 4.39 Å². The largest absolute Gasteiger partial charge is 0.352 e. The van der Waals surface area contributed by atoms with Crippen LogP contribution < -0.4 is 16.6 Å². The molecule has 1 amide bonds. The molecule has 5 rings (SSSR count). The van der Waals surface area contributed by atoms with Crippen molar-refractivity contribution in [2.75, 3.05) is 0 Å². The molecule has 0 atom stereocenters. The van der Waals surface area contributed by atoms with Gasteiger partial charge in [-0.05, 0) is 41.5 Å². The number of nitrogens with zero attached hydrogens (tertiary/aromatic N) is 4. The third-order valence-corrected chi connectivity index (χ3v) is 6.03. The molecule has 0 spiro atoms. The molecule has 2 heterocycles. The predicted molar refractivity (Wildman–Crippen MR) is 130 cm³/mol. The number of hydrogen-bond acceptors (Lipinski definition) is 4. The zero-order chi connectivity index (χ0) is 24.5. The summed E-state index contributed by atoms with van der Waals surface area (Å²) in [6.07, 6.45) is 0. The molecule has 0 unspecified atom stereocenters. The van der Waals surface area contributed by atoms with Gasteiger partial charge in [-0.2, -0.15) is 0 Å². The molecule has 0 saturated carbocycles. The first-order valence-electron chi connectivity index (χ1n) is 10.8. The molecule has 3 aromatic carbocycles. The SMILES string of the molecule is O=C(Cn1nc2n(Cc3ccc(F)cc3)c(=O)c3ccccc3n2c1=O)NCc1ccccc1Cl.